The number of para-hydroxylation sites is 3. The summed E-state index contributed by atoms with van der Waals surface area (Å²) in [7, 11) is 0. The van der Waals surface area contributed by atoms with E-state index in [0.717, 1.165) is 55.6 Å². The molecule has 2 fully saturated rings. The molecular formula is C30H33ClN4O4. The van der Waals surface area contributed by atoms with Crippen molar-refractivity contribution >= 4 is 35.5 Å². The lowest BCUT2D eigenvalue weighted by molar-refractivity contribution is -0.150. The monoisotopic (exact) mass is 548 g/mol. The minimum Gasteiger partial charge on any atom is -0.492 e. The van der Waals surface area contributed by atoms with Crippen LogP contribution in [0.3, 0.4) is 0 Å². The van der Waals surface area contributed by atoms with Crippen molar-refractivity contribution in [3.05, 3.63) is 84.7 Å². The SMILES string of the molecule is Cl.O=C(O[C@H]1C[C@@H](COc2ccccc2)N(Cc2ccncc2)C1)[C@@H]1CCCCN1c1nc2ccccc2o1. The van der Waals surface area contributed by atoms with Crippen LogP contribution in [0, 0.1) is 0 Å². The number of hydrogen-bond donors (Lipinski definition) is 0. The fourth-order valence-corrected chi connectivity index (χ4v) is 5.45. The van der Waals surface area contributed by atoms with Gasteiger partial charge in [0.25, 0.3) is 6.01 Å². The molecule has 204 valence electrons. The molecule has 2 saturated heterocycles. The molecule has 0 saturated carbocycles. The summed E-state index contributed by atoms with van der Waals surface area (Å²) in [6.07, 6.45) is 6.82. The third kappa shape index (κ3) is 6.34. The minimum atomic E-state index is -0.398. The van der Waals surface area contributed by atoms with Crippen LogP contribution in [-0.2, 0) is 16.1 Å². The molecule has 6 rings (SSSR count). The number of fused-ring (bicyclic) bond motifs is 1. The molecule has 2 aliphatic heterocycles. The largest absolute Gasteiger partial charge is 0.492 e. The molecule has 0 N–H and O–H groups in total. The molecule has 3 atom stereocenters. The van der Waals surface area contributed by atoms with E-state index < -0.39 is 6.04 Å². The van der Waals surface area contributed by atoms with Crippen molar-refractivity contribution < 1.29 is 18.7 Å². The summed E-state index contributed by atoms with van der Waals surface area (Å²) in [6.45, 7) is 2.66. The number of nitrogens with zero attached hydrogens (tertiary/aromatic N) is 4. The van der Waals surface area contributed by atoms with Gasteiger partial charge in [0, 0.05) is 44.5 Å². The summed E-state index contributed by atoms with van der Waals surface area (Å²) >= 11 is 0. The van der Waals surface area contributed by atoms with Crippen molar-refractivity contribution in [1.82, 2.24) is 14.9 Å². The highest BCUT2D eigenvalue weighted by Gasteiger charge is 2.39. The Morgan fingerprint density at radius 3 is 2.62 bits per heavy atom. The number of piperidine rings is 1. The van der Waals surface area contributed by atoms with Crippen LogP contribution in [0.2, 0.25) is 0 Å². The van der Waals surface area contributed by atoms with Crippen molar-refractivity contribution in [1.29, 1.82) is 0 Å². The molecule has 4 heterocycles. The van der Waals surface area contributed by atoms with E-state index in [9.17, 15) is 4.79 Å². The predicted octanol–water partition coefficient (Wildman–Crippen LogP) is 5.27. The average molecular weight is 549 g/mol. The molecule has 4 aromatic rings. The fraction of sp³-hybridized carbons (Fsp3) is 0.367. The smallest absolute Gasteiger partial charge is 0.329 e. The van der Waals surface area contributed by atoms with Crippen LogP contribution in [0.5, 0.6) is 5.75 Å². The summed E-state index contributed by atoms with van der Waals surface area (Å²) in [6, 6.07) is 21.8. The first kappa shape index (κ1) is 27.0. The van der Waals surface area contributed by atoms with Gasteiger partial charge in [-0.1, -0.05) is 30.3 Å². The zero-order valence-electron chi connectivity index (χ0n) is 21.7. The number of rotatable bonds is 8. The number of carbonyl (C=O) groups is 1. The number of anilines is 1. The van der Waals surface area contributed by atoms with Gasteiger partial charge in [0.05, 0.1) is 0 Å². The summed E-state index contributed by atoms with van der Waals surface area (Å²) in [5, 5.41) is 0. The molecule has 0 unspecified atom stereocenters. The second-order valence-electron chi connectivity index (χ2n) is 10.0. The van der Waals surface area contributed by atoms with Crippen LogP contribution in [-0.4, -0.2) is 58.7 Å². The predicted molar refractivity (Wildman–Crippen MR) is 151 cm³/mol. The van der Waals surface area contributed by atoms with Gasteiger partial charge in [-0.2, -0.15) is 4.98 Å². The zero-order valence-corrected chi connectivity index (χ0v) is 22.5. The maximum Gasteiger partial charge on any atom is 0.329 e. The summed E-state index contributed by atoms with van der Waals surface area (Å²) in [5.74, 6) is 0.637. The fourth-order valence-electron chi connectivity index (χ4n) is 5.45. The zero-order chi connectivity index (χ0) is 25.7. The van der Waals surface area contributed by atoms with E-state index >= 15 is 0 Å². The van der Waals surface area contributed by atoms with Gasteiger partial charge in [-0.05, 0) is 61.2 Å². The third-order valence-corrected chi connectivity index (χ3v) is 7.40. The molecule has 0 bridgehead atoms. The molecule has 0 spiro atoms. The number of pyridine rings is 1. The molecular weight excluding hydrogens is 516 g/mol. The Kier molecular flexibility index (Phi) is 8.64. The van der Waals surface area contributed by atoms with Crippen LogP contribution in [0.4, 0.5) is 6.01 Å². The molecule has 0 amide bonds. The van der Waals surface area contributed by atoms with Gasteiger partial charge in [0.15, 0.2) is 5.58 Å². The molecule has 39 heavy (non-hydrogen) atoms. The third-order valence-electron chi connectivity index (χ3n) is 7.40. The number of halogens is 1. The van der Waals surface area contributed by atoms with Gasteiger partial charge < -0.3 is 18.8 Å². The highest BCUT2D eigenvalue weighted by atomic mass is 35.5. The molecule has 0 radical (unpaired) electrons. The van der Waals surface area contributed by atoms with Gasteiger partial charge in [-0.3, -0.25) is 9.88 Å². The standard InChI is InChI=1S/C30H32N4O4.ClH/c35-29(27-11-6-7-17-34(27)30-32-26-10-4-5-12-28(26)38-30)37-25-18-23(21-36-24-8-2-1-3-9-24)33(20-25)19-22-13-15-31-16-14-22;/h1-5,8-10,12-16,23,25,27H,6-7,11,17-21H2;1H/t23-,25-,27-;/m0./s1. The van der Waals surface area contributed by atoms with Crippen molar-refractivity contribution in [2.24, 2.45) is 0 Å². The second-order valence-corrected chi connectivity index (χ2v) is 10.0. The van der Waals surface area contributed by atoms with Crippen LogP contribution >= 0.6 is 12.4 Å². The van der Waals surface area contributed by atoms with E-state index in [2.05, 4.69) is 14.9 Å². The number of oxazole rings is 1. The Labute approximate surface area is 234 Å². The maximum absolute atomic E-state index is 13.5. The number of carbonyl (C=O) groups excluding carboxylic acids is 1. The average Bonchev–Trinajstić information content (AvgIpc) is 3.56. The Hall–Kier alpha value is -3.62. The first-order valence-corrected chi connectivity index (χ1v) is 13.4. The van der Waals surface area contributed by atoms with Gasteiger partial charge in [-0.25, -0.2) is 4.79 Å². The van der Waals surface area contributed by atoms with Gasteiger partial charge in [0.2, 0.25) is 0 Å². The normalized spacial score (nSPS) is 21.4. The maximum atomic E-state index is 13.5. The van der Waals surface area contributed by atoms with Crippen LogP contribution in [0.25, 0.3) is 11.1 Å². The van der Waals surface area contributed by atoms with E-state index in [1.165, 1.54) is 5.56 Å². The van der Waals surface area contributed by atoms with Crippen LogP contribution < -0.4 is 9.64 Å². The Balaban J connectivity index is 0.00000308. The topological polar surface area (TPSA) is 80.9 Å². The highest BCUT2D eigenvalue weighted by molar-refractivity contribution is 5.85. The Morgan fingerprint density at radius 2 is 1.79 bits per heavy atom. The molecule has 2 aliphatic rings. The molecule has 0 aliphatic carbocycles. The molecule has 8 nitrogen and oxygen atoms in total. The Morgan fingerprint density at radius 1 is 1.00 bits per heavy atom. The van der Waals surface area contributed by atoms with Crippen molar-refractivity contribution in [3.63, 3.8) is 0 Å². The number of ether oxygens (including phenoxy) is 2. The second kappa shape index (κ2) is 12.5. The summed E-state index contributed by atoms with van der Waals surface area (Å²) in [5.41, 5.74) is 2.69. The van der Waals surface area contributed by atoms with Gasteiger partial charge in [0.1, 0.15) is 30.0 Å². The van der Waals surface area contributed by atoms with Crippen LogP contribution in [0.15, 0.2) is 83.5 Å². The van der Waals surface area contributed by atoms with E-state index in [-0.39, 0.29) is 30.5 Å². The summed E-state index contributed by atoms with van der Waals surface area (Å²) < 4.78 is 18.3. The van der Waals surface area contributed by atoms with Crippen molar-refractivity contribution in [2.45, 2.75) is 50.4 Å². The van der Waals surface area contributed by atoms with Gasteiger partial charge >= 0.3 is 5.97 Å². The number of likely N-dealkylation sites (tertiary alicyclic amines) is 1. The number of esters is 1. The van der Waals surface area contributed by atoms with Crippen molar-refractivity contribution in [2.75, 3.05) is 24.6 Å². The number of hydrogen-bond acceptors (Lipinski definition) is 8. The lowest BCUT2D eigenvalue weighted by Gasteiger charge is -2.33. The van der Waals surface area contributed by atoms with E-state index in [1.807, 2.05) is 84.0 Å². The molecule has 2 aromatic carbocycles. The van der Waals surface area contributed by atoms with E-state index in [4.69, 9.17) is 13.9 Å². The van der Waals surface area contributed by atoms with E-state index in [0.29, 0.717) is 19.2 Å². The molecule has 9 heteroatoms. The van der Waals surface area contributed by atoms with Crippen molar-refractivity contribution in [3.8, 4) is 5.75 Å². The van der Waals surface area contributed by atoms with Gasteiger partial charge in [-0.15, -0.1) is 12.4 Å². The first-order chi connectivity index (χ1) is 18.7. The Bertz CT molecular complexity index is 1320. The highest BCUT2D eigenvalue weighted by Crippen LogP contribution is 2.30. The summed E-state index contributed by atoms with van der Waals surface area (Å²) in [4.78, 5) is 26.6. The van der Waals surface area contributed by atoms with Crippen LogP contribution in [0.1, 0.15) is 31.2 Å². The first-order valence-electron chi connectivity index (χ1n) is 13.4. The number of benzene rings is 2. The lowest BCUT2D eigenvalue weighted by atomic mass is 10.0. The molecule has 2 aromatic heterocycles. The minimum absolute atomic E-state index is 0. The van der Waals surface area contributed by atoms with E-state index in [1.54, 1.807) is 0 Å². The lowest BCUT2D eigenvalue weighted by Crippen LogP contribution is -2.47. The quantitative estimate of drug-likeness (QED) is 0.276. The number of aromatic nitrogens is 2.